The van der Waals surface area contributed by atoms with Gasteiger partial charge in [-0.2, -0.15) is 4.31 Å². The molecule has 2 N–H and O–H groups in total. The van der Waals surface area contributed by atoms with E-state index in [1.54, 1.807) is 38.5 Å². The Morgan fingerprint density at radius 2 is 1.65 bits per heavy atom. The van der Waals surface area contributed by atoms with Crippen LogP contribution in [0, 0.1) is 0 Å². The number of urea groups is 1. The fourth-order valence-electron chi connectivity index (χ4n) is 3.32. The van der Waals surface area contributed by atoms with Crippen LogP contribution >= 0.6 is 0 Å². The lowest BCUT2D eigenvalue weighted by Crippen LogP contribution is -2.50. The van der Waals surface area contributed by atoms with E-state index in [-0.39, 0.29) is 12.3 Å². The molecule has 0 bridgehead atoms. The van der Waals surface area contributed by atoms with Crippen molar-refractivity contribution in [1.29, 1.82) is 0 Å². The fourth-order valence-corrected chi connectivity index (χ4v) is 4.65. The summed E-state index contributed by atoms with van der Waals surface area (Å²) in [6.07, 6.45) is 0. The Hall–Kier alpha value is -2.98. The van der Waals surface area contributed by atoms with Crippen molar-refractivity contribution in [3.63, 3.8) is 0 Å². The molecule has 0 saturated carbocycles. The maximum Gasteiger partial charge on any atom is 0.319 e. The Kier molecular flexibility index (Phi) is 7.59. The van der Waals surface area contributed by atoms with Crippen LogP contribution in [-0.4, -0.2) is 71.5 Å². The SMILES string of the molecule is COc1ccc(N2CCN(S(=O)(=O)CCNC(=O)Nc3cccc(OC)c3)CC2)cc1. The van der Waals surface area contributed by atoms with Crippen molar-refractivity contribution in [3.05, 3.63) is 48.5 Å². The molecule has 1 heterocycles. The number of sulfonamides is 1. The van der Waals surface area contributed by atoms with Crippen LogP contribution in [0.2, 0.25) is 0 Å². The number of carbonyl (C=O) groups is 1. The van der Waals surface area contributed by atoms with Gasteiger partial charge in [-0.1, -0.05) is 6.07 Å². The van der Waals surface area contributed by atoms with Crippen LogP contribution in [0.5, 0.6) is 11.5 Å². The van der Waals surface area contributed by atoms with Gasteiger partial charge in [-0.25, -0.2) is 13.2 Å². The molecule has 9 nitrogen and oxygen atoms in total. The molecular formula is C21H28N4O5S. The van der Waals surface area contributed by atoms with Crippen LogP contribution in [0.25, 0.3) is 0 Å². The topological polar surface area (TPSA) is 100 Å². The number of benzene rings is 2. The molecule has 1 saturated heterocycles. The molecule has 0 aliphatic carbocycles. The molecule has 1 aliphatic rings. The number of hydrogen-bond donors (Lipinski definition) is 2. The van der Waals surface area contributed by atoms with Crippen molar-refractivity contribution >= 4 is 27.4 Å². The predicted octanol–water partition coefficient (Wildman–Crippen LogP) is 1.98. The third-order valence-electron chi connectivity index (χ3n) is 5.04. The minimum atomic E-state index is -3.45. The average molecular weight is 449 g/mol. The van der Waals surface area contributed by atoms with E-state index in [1.165, 1.54) is 4.31 Å². The first-order chi connectivity index (χ1) is 14.9. The van der Waals surface area contributed by atoms with E-state index in [1.807, 2.05) is 24.3 Å². The maximum atomic E-state index is 12.6. The summed E-state index contributed by atoms with van der Waals surface area (Å²) in [6.45, 7) is 2.05. The average Bonchev–Trinajstić information content (AvgIpc) is 2.79. The van der Waals surface area contributed by atoms with E-state index in [9.17, 15) is 13.2 Å². The lowest BCUT2D eigenvalue weighted by molar-refractivity contribution is 0.252. The molecule has 1 aliphatic heterocycles. The van der Waals surface area contributed by atoms with Crippen molar-refractivity contribution < 1.29 is 22.7 Å². The van der Waals surface area contributed by atoms with Crippen molar-refractivity contribution in [2.75, 3.05) is 62.9 Å². The van der Waals surface area contributed by atoms with Crippen LogP contribution in [0.4, 0.5) is 16.2 Å². The monoisotopic (exact) mass is 448 g/mol. The number of amides is 2. The van der Waals surface area contributed by atoms with Gasteiger partial charge in [0.05, 0.1) is 20.0 Å². The summed E-state index contributed by atoms with van der Waals surface area (Å²) < 4.78 is 37.0. The molecule has 10 heteroatoms. The highest BCUT2D eigenvalue weighted by Crippen LogP contribution is 2.21. The Morgan fingerprint density at radius 1 is 0.968 bits per heavy atom. The molecule has 2 amide bonds. The van der Waals surface area contributed by atoms with Crippen LogP contribution in [-0.2, 0) is 10.0 Å². The molecular weight excluding hydrogens is 420 g/mol. The van der Waals surface area contributed by atoms with Gasteiger partial charge < -0.3 is 25.0 Å². The van der Waals surface area contributed by atoms with Gasteiger partial charge in [0.15, 0.2) is 0 Å². The molecule has 31 heavy (non-hydrogen) atoms. The second-order valence-electron chi connectivity index (χ2n) is 7.01. The summed E-state index contributed by atoms with van der Waals surface area (Å²) in [5.41, 5.74) is 1.60. The van der Waals surface area contributed by atoms with E-state index >= 15 is 0 Å². The normalized spacial score (nSPS) is 14.7. The van der Waals surface area contributed by atoms with Crippen LogP contribution in [0.3, 0.4) is 0 Å². The minimum Gasteiger partial charge on any atom is -0.497 e. The standard InChI is InChI=1S/C21H28N4O5S/c1-29-19-8-6-18(7-9-19)24-11-13-25(14-12-24)31(27,28)15-10-22-21(26)23-17-4-3-5-20(16-17)30-2/h3-9,16H,10-15H2,1-2H3,(H2,22,23,26). The highest BCUT2D eigenvalue weighted by Gasteiger charge is 2.26. The Balaban J connectivity index is 1.44. The number of methoxy groups -OCH3 is 2. The van der Waals surface area contributed by atoms with Crippen molar-refractivity contribution in [1.82, 2.24) is 9.62 Å². The van der Waals surface area contributed by atoms with Crippen LogP contribution in [0.15, 0.2) is 48.5 Å². The lowest BCUT2D eigenvalue weighted by Gasteiger charge is -2.35. The van der Waals surface area contributed by atoms with Gasteiger partial charge in [-0.05, 0) is 36.4 Å². The molecule has 0 atom stereocenters. The first kappa shape index (κ1) is 22.7. The summed E-state index contributed by atoms with van der Waals surface area (Å²) >= 11 is 0. The predicted molar refractivity (Wildman–Crippen MR) is 121 cm³/mol. The van der Waals surface area contributed by atoms with Crippen molar-refractivity contribution in [2.24, 2.45) is 0 Å². The number of hydrogen-bond acceptors (Lipinski definition) is 6. The van der Waals surface area contributed by atoms with Crippen LogP contribution in [0.1, 0.15) is 0 Å². The summed E-state index contributed by atoms with van der Waals surface area (Å²) in [6, 6.07) is 14.2. The summed E-state index contributed by atoms with van der Waals surface area (Å²) in [4.78, 5) is 14.2. The zero-order valence-corrected chi connectivity index (χ0v) is 18.5. The Bertz CT molecular complexity index is 974. The maximum absolute atomic E-state index is 12.6. The van der Waals surface area contributed by atoms with E-state index in [2.05, 4.69) is 15.5 Å². The summed E-state index contributed by atoms with van der Waals surface area (Å²) in [5.74, 6) is 1.25. The number of rotatable bonds is 8. The first-order valence-corrected chi connectivity index (χ1v) is 11.6. The van der Waals surface area contributed by atoms with Gasteiger partial charge >= 0.3 is 6.03 Å². The third kappa shape index (κ3) is 6.25. The van der Waals surface area contributed by atoms with Gasteiger partial charge in [0.1, 0.15) is 11.5 Å². The quantitative estimate of drug-likeness (QED) is 0.641. The molecule has 3 rings (SSSR count). The van der Waals surface area contributed by atoms with Gasteiger partial charge in [-0.15, -0.1) is 0 Å². The highest BCUT2D eigenvalue weighted by molar-refractivity contribution is 7.89. The van der Waals surface area contributed by atoms with Gasteiger partial charge in [0, 0.05) is 50.2 Å². The number of nitrogens with zero attached hydrogens (tertiary/aromatic N) is 2. The molecule has 1 fully saturated rings. The molecule has 0 unspecified atom stereocenters. The Morgan fingerprint density at radius 3 is 2.29 bits per heavy atom. The zero-order valence-electron chi connectivity index (χ0n) is 17.7. The van der Waals surface area contributed by atoms with Crippen molar-refractivity contribution in [2.45, 2.75) is 0 Å². The second-order valence-corrected chi connectivity index (χ2v) is 9.10. The molecule has 0 aromatic heterocycles. The number of nitrogens with one attached hydrogen (secondary N) is 2. The van der Waals surface area contributed by atoms with Gasteiger partial charge in [0.25, 0.3) is 0 Å². The van der Waals surface area contributed by atoms with E-state index in [0.717, 1.165) is 11.4 Å². The number of ether oxygens (including phenoxy) is 2. The summed E-state index contributed by atoms with van der Waals surface area (Å²) in [5, 5.41) is 5.25. The first-order valence-electron chi connectivity index (χ1n) is 9.97. The van der Waals surface area contributed by atoms with E-state index < -0.39 is 16.1 Å². The van der Waals surface area contributed by atoms with Gasteiger partial charge in [-0.3, -0.25) is 0 Å². The van der Waals surface area contributed by atoms with E-state index in [0.29, 0.717) is 37.6 Å². The Labute approximate surface area is 183 Å². The fraction of sp³-hybridized carbons (Fsp3) is 0.381. The zero-order chi connectivity index (χ0) is 22.3. The third-order valence-corrected chi connectivity index (χ3v) is 6.91. The largest absolute Gasteiger partial charge is 0.497 e. The number of anilines is 2. The molecule has 0 spiro atoms. The molecule has 0 radical (unpaired) electrons. The van der Waals surface area contributed by atoms with Gasteiger partial charge in [0.2, 0.25) is 10.0 Å². The summed E-state index contributed by atoms with van der Waals surface area (Å²) in [7, 11) is -0.291. The minimum absolute atomic E-state index is 0.0246. The second kappa shape index (κ2) is 10.4. The lowest BCUT2D eigenvalue weighted by atomic mass is 10.2. The number of piperazine rings is 1. The molecule has 168 valence electrons. The highest BCUT2D eigenvalue weighted by atomic mass is 32.2. The van der Waals surface area contributed by atoms with E-state index in [4.69, 9.17) is 9.47 Å². The molecule has 2 aromatic rings. The molecule has 2 aromatic carbocycles. The smallest absolute Gasteiger partial charge is 0.319 e. The van der Waals surface area contributed by atoms with Crippen molar-refractivity contribution in [3.8, 4) is 11.5 Å². The number of carbonyl (C=O) groups excluding carboxylic acids is 1. The van der Waals surface area contributed by atoms with Crippen LogP contribution < -0.4 is 25.0 Å².